The van der Waals surface area contributed by atoms with Crippen LogP contribution in [0.15, 0.2) is 0 Å². The maximum Gasteiger partial charge on any atom is 0.410 e. The van der Waals surface area contributed by atoms with Gasteiger partial charge in [-0.1, -0.05) is 0 Å². The molecule has 2 aliphatic rings. The Balaban J connectivity index is 1.92. The molecule has 0 aromatic rings. The molecule has 2 atom stereocenters. The molecule has 2 heterocycles. The smallest absolute Gasteiger partial charge is 0.410 e. The quantitative estimate of drug-likeness (QED) is 0.843. The Kier molecular flexibility index (Phi) is 5.21. The van der Waals surface area contributed by atoms with Crippen molar-refractivity contribution in [2.45, 2.75) is 76.7 Å². The van der Waals surface area contributed by atoms with Crippen molar-refractivity contribution in [2.75, 3.05) is 19.6 Å². The van der Waals surface area contributed by atoms with E-state index in [4.69, 9.17) is 4.74 Å². The highest BCUT2D eigenvalue weighted by Gasteiger charge is 2.49. The summed E-state index contributed by atoms with van der Waals surface area (Å²) in [5.74, 6) is -2.75. The lowest BCUT2D eigenvalue weighted by Crippen LogP contribution is -2.51. The topological polar surface area (TPSA) is 53.0 Å². The molecule has 2 aliphatic heterocycles. The van der Waals surface area contributed by atoms with E-state index in [0.717, 1.165) is 0 Å². The van der Waals surface area contributed by atoms with Crippen LogP contribution in [-0.2, 0) is 4.74 Å². The van der Waals surface area contributed by atoms with Crippen LogP contribution in [0.25, 0.3) is 0 Å². The molecule has 2 rings (SSSR count). The maximum absolute atomic E-state index is 13.7. The van der Waals surface area contributed by atoms with Crippen molar-refractivity contribution in [1.82, 2.24) is 9.80 Å². The molecule has 1 N–H and O–H groups in total. The number of carbonyl (C=O) groups excluding carboxylic acids is 1. The van der Waals surface area contributed by atoms with Gasteiger partial charge in [-0.3, -0.25) is 4.90 Å². The molecule has 2 fully saturated rings. The molecule has 0 spiro atoms. The summed E-state index contributed by atoms with van der Waals surface area (Å²) in [5, 5.41) is 9.79. The van der Waals surface area contributed by atoms with E-state index in [1.807, 2.05) is 20.8 Å². The van der Waals surface area contributed by atoms with Crippen LogP contribution in [0.3, 0.4) is 0 Å². The number of rotatable bonds is 2. The monoisotopic (exact) mass is 334 g/mol. The molecule has 1 amide bonds. The summed E-state index contributed by atoms with van der Waals surface area (Å²) < 4.78 is 32.8. The first-order chi connectivity index (χ1) is 10.5. The molecule has 0 bridgehead atoms. The van der Waals surface area contributed by atoms with Gasteiger partial charge < -0.3 is 14.7 Å². The lowest BCUT2D eigenvalue weighted by Gasteiger charge is -2.40. The number of amides is 1. The fourth-order valence-electron chi connectivity index (χ4n) is 3.43. The summed E-state index contributed by atoms with van der Waals surface area (Å²) in [5.41, 5.74) is -0.539. The molecular formula is C16H28F2N2O3. The fourth-order valence-corrected chi connectivity index (χ4v) is 3.43. The Labute approximate surface area is 136 Å². The molecule has 7 heteroatoms. The van der Waals surface area contributed by atoms with E-state index < -0.39 is 23.7 Å². The lowest BCUT2D eigenvalue weighted by atomic mass is 10.0. The Hall–Kier alpha value is -0.950. The Bertz CT molecular complexity index is 430. The van der Waals surface area contributed by atoms with E-state index in [-0.39, 0.29) is 25.1 Å². The minimum atomic E-state index is -2.75. The number of piperidine rings is 1. The summed E-state index contributed by atoms with van der Waals surface area (Å²) >= 11 is 0. The second-order valence-electron chi connectivity index (χ2n) is 7.74. The highest BCUT2D eigenvalue weighted by molar-refractivity contribution is 5.68. The highest BCUT2D eigenvalue weighted by Crippen LogP contribution is 2.37. The maximum atomic E-state index is 13.7. The molecular weight excluding hydrogens is 306 g/mol. The van der Waals surface area contributed by atoms with Crippen molar-refractivity contribution in [3.05, 3.63) is 0 Å². The highest BCUT2D eigenvalue weighted by atomic mass is 19.3. The van der Waals surface area contributed by atoms with Crippen LogP contribution in [0.1, 0.15) is 47.0 Å². The molecule has 0 radical (unpaired) electrons. The first kappa shape index (κ1) is 18.4. The van der Waals surface area contributed by atoms with Crippen LogP contribution in [0.2, 0.25) is 0 Å². The van der Waals surface area contributed by atoms with E-state index in [1.165, 1.54) is 0 Å². The first-order valence-corrected chi connectivity index (χ1v) is 8.28. The molecule has 23 heavy (non-hydrogen) atoms. The number of hydrogen-bond acceptors (Lipinski definition) is 4. The molecule has 0 aliphatic carbocycles. The minimum Gasteiger partial charge on any atom is -0.444 e. The van der Waals surface area contributed by atoms with Gasteiger partial charge in [0.1, 0.15) is 5.60 Å². The van der Waals surface area contributed by atoms with E-state index in [0.29, 0.717) is 25.9 Å². The number of nitrogens with zero attached hydrogens (tertiary/aromatic N) is 2. The van der Waals surface area contributed by atoms with Gasteiger partial charge in [0.15, 0.2) is 0 Å². The van der Waals surface area contributed by atoms with E-state index in [9.17, 15) is 18.7 Å². The van der Waals surface area contributed by atoms with Gasteiger partial charge in [0, 0.05) is 31.6 Å². The Morgan fingerprint density at radius 3 is 2.35 bits per heavy atom. The molecule has 0 saturated carbocycles. The molecule has 0 aromatic carbocycles. The third kappa shape index (κ3) is 4.76. The summed E-state index contributed by atoms with van der Waals surface area (Å²) in [6.07, 6.45) is -0.185. The SMILES string of the molecule is CC(O)C1CC(F)(F)CN1C1CCN(C(=O)OC(C)(C)C)CC1. The van der Waals surface area contributed by atoms with E-state index in [2.05, 4.69) is 0 Å². The van der Waals surface area contributed by atoms with Crippen LogP contribution in [0, 0.1) is 0 Å². The third-order valence-electron chi connectivity index (χ3n) is 4.49. The van der Waals surface area contributed by atoms with Gasteiger partial charge in [-0.2, -0.15) is 0 Å². The van der Waals surface area contributed by atoms with Crippen molar-refractivity contribution in [3.8, 4) is 0 Å². The van der Waals surface area contributed by atoms with Crippen LogP contribution < -0.4 is 0 Å². The van der Waals surface area contributed by atoms with Crippen LogP contribution in [0.5, 0.6) is 0 Å². The predicted molar refractivity (Wildman–Crippen MR) is 82.6 cm³/mol. The molecule has 2 unspecified atom stereocenters. The zero-order chi connectivity index (χ0) is 17.4. The second-order valence-corrected chi connectivity index (χ2v) is 7.74. The van der Waals surface area contributed by atoms with Gasteiger partial charge in [-0.15, -0.1) is 0 Å². The van der Waals surface area contributed by atoms with Crippen molar-refractivity contribution in [2.24, 2.45) is 0 Å². The van der Waals surface area contributed by atoms with Gasteiger partial charge in [0.2, 0.25) is 0 Å². The lowest BCUT2D eigenvalue weighted by molar-refractivity contribution is -0.00526. The molecule has 2 saturated heterocycles. The van der Waals surface area contributed by atoms with Gasteiger partial charge >= 0.3 is 6.09 Å². The predicted octanol–water partition coefficient (Wildman–Crippen LogP) is 2.48. The number of ether oxygens (including phenoxy) is 1. The summed E-state index contributed by atoms with van der Waals surface area (Å²) in [7, 11) is 0. The number of alkyl halides is 2. The molecule has 5 nitrogen and oxygen atoms in total. The van der Waals surface area contributed by atoms with Gasteiger partial charge in [0.05, 0.1) is 12.6 Å². The van der Waals surface area contributed by atoms with Gasteiger partial charge in [-0.25, -0.2) is 13.6 Å². The molecule has 0 aromatic heterocycles. The number of likely N-dealkylation sites (tertiary alicyclic amines) is 2. The number of halogens is 2. The number of hydrogen-bond donors (Lipinski definition) is 1. The van der Waals surface area contributed by atoms with Crippen LogP contribution >= 0.6 is 0 Å². The number of aliphatic hydroxyl groups excluding tert-OH is 1. The zero-order valence-electron chi connectivity index (χ0n) is 14.4. The van der Waals surface area contributed by atoms with Gasteiger partial charge in [0.25, 0.3) is 5.92 Å². The minimum absolute atomic E-state index is 0.0262. The summed E-state index contributed by atoms with van der Waals surface area (Å²) in [6, 6.07) is -0.537. The van der Waals surface area contributed by atoms with Gasteiger partial charge in [-0.05, 0) is 40.5 Å². The van der Waals surface area contributed by atoms with Crippen molar-refractivity contribution in [3.63, 3.8) is 0 Å². The largest absolute Gasteiger partial charge is 0.444 e. The van der Waals surface area contributed by atoms with Crippen LogP contribution in [0.4, 0.5) is 13.6 Å². The van der Waals surface area contributed by atoms with Crippen LogP contribution in [-0.4, -0.2) is 70.3 Å². The Morgan fingerprint density at radius 1 is 1.30 bits per heavy atom. The summed E-state index contributed by atoms with van der Waals surface area (Å²) in [6.45, 7) is 7.70. The second kappa shape index (κ2) is 6.51. The summed E-state index contributed by atoms with van der Waals surface area (Å²) in [4.78, 5) is 15.4. The number of carbonyl (C=O) groups is 1. The average Bonchev–Trinajstić information content (AvgIpc) is 2.73. The Morgan fingerprint density at radius 2 is 1.87 bits per heavy atom. The average molecular weight is 334 g/mol. The first-order valence-electron chi connectivity index (χ1n) is 8.28. The fraction of sp³-hybridized carbons (Fsp3) is 0.938. The van der Waals surface area contributed by atoms with E-state index >= 15 is 0 Å². The van der Waals surface area contributed by atoms with Crippen molar-refractivity contribution < 1.29 is 23.4 Å². The van der Waals surface area contributed by atoms with E-state index in [1.54, 1.807) is 16.7 Å². The molecule has 134 valence electrons. The van der Waals surface area contributed by atoms with Crippen molar-refractivity contribution in [1.29, 1.82) is 0 Å². The normalized spacial score (nSPS) is 28.0. The third-order valence-corrected chi connectivity index (χ3v) is 4.49. The standard InChI is InChI=1S/C16H28F2N2O3/c1-11(21)13-9-16(17,18)10-20(13)12-5-7-19(8-6-12)14(22)23-15(2,3)4/h11-13,21H,5-10H2,1-4H3. The number of aliphatic hydroxyl groups is 1. The van der Waals surface area contributed by atoms with Crippen molar-refractivity contribution >= 4 is 6.09 Å². The zero-order valence-corrected chi connectivity index (χ0v) is 14.4.